The molecule has 3 heterocycles. The molecule has 2 fully saturated rings. The van der Waals surface area contributed by atoms with Gasteiger partial charge in [0.2, 0.25) is 5.88 Å². The van der Waals surface area contributed by atoms with E-state index in [-0.39, 0.29) is 0 Å². The number of fused-ring (bicyclic) bond motifs is 3. The van der Waals surface area contributed by atoms with Gasteiger partial charge in [-0.25, -0.2) is 4.98 Å². The van der Waals surface area contributed by atoms with Crippen LogP contribution in [0.25, 0.3) is 10.8 Å². The molecule has 0 spiro atoms. The van der Waals surface area contributed by atoms with E-state index in [2.05, 4.69) is 41.2 Å². The van der Waals surface area contributed by atoms with Crippen molar-refractivity contribution >= 4 is 10.8 Å². The molecule has 3 atom stereocenters. The second kappa shape index (κ2) is 4.74. The molecule has 0 saturated carbocycles. The number of ether oxygens (including phenoxy) is 1. The first-order valence-electron chi connectivity index (χ1n) is 7.53. The van der Waals surface area contributed by atoms with Crippen molar-refractivity contribution in [2.45, 2.75) is 43.9 Å². The largest absolute Gasteiger partial charge is 0.474 e. The topological polar surface area (TPSA) is 25.4 Å². The zero-order valence-corrected chi connectivity index (χ0v) is 11.8. The standard InChI is InChI=1S/C17H20N2O/c1-19-13-6-7-14(19)11-15(10-13)20-17-16-5-3-2-4-12(16)8-9-18-17/h2-5,8-9,13-15H,6-7,10-11H2,1H3/t13-,14+,15?. The Balaban J connectivity index is 1.59. The van der Waals surface area contributed by atoms with Crippen LogP contribution in [0.2, 0.25) is 0 Å². The molecule has 3 nitrogen and oxygen atoms in total. The molecule has 2 aliphatic heterocycles. The van der Waals surface area contributed by atoms with Crippen LogP contribution in [0.15, 0.2) is 36.5 Å². The Labute approximate surface area is 119 Å². The molecule has 2 aromatic rings. The van der Waals surface area contributed by atoms with Gasteiger partial charge >= 0.3 is 0 Å². The molecular weight excluding hydrogens is 248 g/mol. The summed E-state index contributed by atoms with van der Waals surface area (Å²) in [6, 6.07) is 11.8. The Hall–Kier alpha value is -1.61. The Morgan fingerprint density at radius 3 is 2.65 bits per heavy atom. The van der Waals surface area contributed by atoms with E-state index in [0.29, 0.717) is 18.2 Å². The van der Waals surface area contributed by atoms with Gasteiger partial charge < -0.3 is 9.64 Å². The zero-order valence-electron chi connectivity index (χ0n) is 11.8. The van der Waals surface area contributed by atoms with Crippen molar-refractivity contribution in [1.29, 1.82) is 0 Å². The van der Waals surface area contributed by atoms with Gasteiger partial charge in [0.05, 0.1) is 0 Å². The smallest absolute Gasteiger partial charge is 0.221 e. The van der Waals surface area contributed by atoms with Crippen LogP contribution >= 0.6 is 0 Å². The first kappa shape index (κ1) is 12.2. The van der Waals surface area contributed by atoms with Gasteiger partial charge in [-0.1, -0.05) is 18.2 Å². The van der Waals surface area contributed by atoms with E-state index in [0.717, 1.165) is 24.1 Å². The van der Waals surface area contributed by atoms with Gasteiger partial charge in [0.25, 0.3) is 0 Å². The van der Waals surface area contributed by atoms with Crippen LogP contribution in [0, 0.1) is 0 Å². The second-order valence-corrected chi connectivity index (χ2v) is 6.10. The zero-order chi connectivity index (χ0) is 13.5. The molecule has 1 aromatic heterocycles. The van der Waals surface area contributed by atoms with E-state index in [4.69, 9.17) is 4.74 Å². The predicted octanol–water partition coefficient (Wildman–Crippen LogP) is 3.24. The maximum atomic E-state index is 6.26. The average molecular weight is 268 g/mol. The average Bonchev–Trinajstić information content (AvgIpc) is 2.70. The normalized spacial score (nSPS) is 29.8. The van der Waals surface area contributed by atoms with Gasteiger partial charge in [-0.05, 0) is 50.2 Å². The highest BCUT2D eigenvalue weighted by atomic mass is 16.5. The summed E-state index contributed by atoms with van der Waals surface area (Å²) in [5.41, 5.74) is 0. The summed E-state index contributed by atoms with van der Waals surface area (Å²) >= 11 is 0. The molecule has 0 aliphatic carbocycles. The highest BCUT2D eigenvalue weighted by molar-refractivity contribution is 5.86. The van der Waals surface area contributed by atoms with Crippen LogP contribution in [0.5, 0.6) is 5.88 Å². The lowest BCUT2D eigenvalue weighted by atomic mass is 10.0. The maximum Gasteiger partial charge on any atom is 0.221 e. The van der Waals surface area contributed by atoms with Crippen molar-refractivity contribution in [2.75, 3.05) is 7.05 Å². The highest BCUT2D eigenvalue weighted by Gasteiger charge is 2.39. The van der Waals surface area contributed by atoms with Gasteiger partial charge in [0, 0.05) is 23.7 Å². The number of hydrogen-bond donors (Lipinski definition) is 0. The molecule has 20 heavy (non-hydrogen) atoms. The first-order valence-corrected chi connectivity index (χ1v) is 7.53. The quantitative estimate of drug-likeness (QED) is 0.836. The summed E-state index contributed by atoms with van der Waals surface area (Å²) in [5.74, 6) is 0.803. The molecule has 2 bridgehead atoms. The Kier molecular flexibility index (Phi) is 2.88. The summed E-state index contributed by atoms with van der Waals surface area (Å²) in [7, 11) is 2.26. The summed E-state index contributed by atoms with van der Waals surface area (Å²) in [5, 5.41) is 2.33. The van der Waals surface area contributed by atoms with Crippen LogP contribution in [0.3, 0.4) is 0 Å². The minimum atomic E-state index is 0.321. The van der Waals surface area contributed by atoms with Gasteiger partial charge in [0.15, 0.2) is 0 Å². The Bertz CT molecular complexity index is 608. The summed E-state index contributed by atoms with van der Waals surface area (Å²) < 4.78 is 6.26. The van der Waals surface area contributed by atoms with Gasteiger partial charge in [-0.3, -0.25) is 0 Å². The van der Waals surface area contributed by atoms with Crippen molar-refractivity contribution in [2.24, 2.45) is 0 Å². The molecule has 0 N–H and O–H groups in total. The molecule has 4 rings (SSSR count). The monoisotopic (exact) mass is 268 g/mol. The third kappa shape index (κ3) is 1.97. The van der Waals surface area contributed by atoms with Crippen LogP contribution in [0.4, 0.5) is 0 Å². The molecule has 0 radical (unpaired) electrons. The molecule has 0 amide bonds. The third-order valence-electron chi connectivity index (χ3n) is 4.97. The molecule has 2 saturated heterocycles. The van der Waals surface area contributed by atoms with Crippen molar-refractivity contribution in [3.05, 3.63) is 36.5 Å². The van der Waals surface area contributed by atoms with Crippen molar-refractivity contribution < 1.29 is 4.74 Å². The van der Waals surface area contributed by atoms with Crippen molar-refractivity contribution in [1.82, 2.24) is 9.88 Å². The molecular formula is C17H20N2O. The van der Waals surface area contributed by atoms with E-state index in [1.165, 1.54) is 18.2 Å². The summed E-state index contributed by atoms with van der Waals surface area (Å²) in [6.45, 7) is 0. The SMILES string of the molecule is CN1[C@@H]2CC[C@H]1CC(Oc1nccc3ccccc13)C2. The Morgan fingerprint density at radius 2 is 1.85 bits per heavy atom. The lowest BCUT2D eigenvalue weighted by Gasteiger charge is -2.36. The fraction of sp³-hybridized carbons (Fsp3) is 0.471. The van der Waals surface area contributed by atoms with Crippen molar-refractivity contribution in [3.63, 3.8) is 0 Å². The van der Waals surface area contributed by atoms with Crippen molar-refractivity contribution in [3.8, 4) is 5.88 Å². The Morgan fingerprint density at radius 1 is 1.10 bits per heavy atom. The minimum Gasteiger partial charge on any atom is -0.474 e. The maximum absolute atomic E-state index is 6.26. The molecule has 1 aromatic carbocycles. The van der Waals surface area contributed by atoms with E-state index in [9.17, 15) is 0 Å². The lowest BCUT2D eigenvalue weighted by Crippen LogP contribution is -2.43. The number of piperidine rings is 1. The number of pyridine rings is 1. The highest BCUT2D eigenvalue weighted by Crippen LogP contribution is 2.36. The number of rotatable bonds is 2. The lowest BCUT2D eigenvalue weighted by molar-refractivity contribution is 0.0643. The number of benzene rings is 1. The second-order valence-electron chi connectivity index (χ2n) is 6.10. The number of aromatic nitrogens is 1. The van der Waals surface area contributed by atoms with Crippen LogP contribution in [-0.2, 0) is 0 Å². The van der Waals surface area contributed by atoms with E-state index in [1.807, 2.05) is 12.3 Å². The number of hydrogen-bond acceptors (Lipinski definition) is 3. The molecule has 1 unspecified atom stereocenters. The molecule has 2 aliphatic rings. The predicted molar refractivity (Wildman–Crippen MR) is 80.0 cm³/mol. The third-order valence-corrected chi connectivity index (χ3v) is 4.97. The molecule has 3 heteroatoms. The number of nitrogens with zero attached hydrogens (tertiary/aromatic N) is 2. The van der Waals surface area contributed by atoms with Crippen LogP contribution < -0.4 is 4.74 Å². The molecule has 104 valence electrons. The van der Waals surface area contributed by atoms with Gasteiger partial charge in [0.1, 0.15) is 6.10 Å². The van der Waals surface area contributed by atoms with Gasteiger partial charge in [-0.15, -0.1) is 0 Å². The summed E-state index contributed by atoms with van der Waals surface area (Å²) in [4.78, 5) is 6.99. The van der Waals surface area contributed by atoms with E-state index >= 15 is 0 Å². The minimum absolute atomic E-state index is 0.321. The fourth-order valence-electron chi connectivity index (χ4n) is 3.80. The van der Waals surface area contributed by atoms with E-state index < -0.39 is 0 Å². The first-order chi connectivity index (χ1) is 9.81. The van der Waals surface area contributed by atoms with E-state index in [1.54, 1.807) is 0 Å². The summed E-state index contributed by atoms with van der Waals surface area (Å²) in [6.07, 6.45) is 7.09. The van der Waals surface area contributed by atoms with Crippen LogP contribution in [-0.4, -0.2) is 35.1 Å². The fourth-order valence-corrected chi connectivity index (χ4v) is 3.80. The van der Waals surface area contributed by atoms with Crippen LogP contribution in [0.1, 0.15) is 25.7 Å². The van der Waals surface area contributed by atoms with Gasteiger partial charge in [-0.2, -0.15) is 0 Å².